The maximum Gasteiger partial charge on any atom is 0.258 e. The number of hydrogen-bond acceptors (Lipinski definition) is 3. The van der Waals surface area contributed by atoms with Crippen LogP contribution < -0.4 is 10.1 Å². The molecular weight excluding hydrogens is 242 g/mol. The van der Waals surface area contributed by atoms with Crippen molar-refractivity contribution in [1.29, 1.82) is 0 Å². The highest BCUT2D eigenvalue weighted by atomic mass is 16.5. The number of ether oxygens (including phenoxy) is 1. The van der Waals surface area contributed by atoms with Crippen LogP contribution in [0.2, 0.25) is 0 Å². The van der Waals surface area contributed by atoms with Gasteiger partial charge < -0.3 is 15.2 Å². The smallest absolute Gasteiger partial charge is 0.258 e. The van der Waals surface area contributed by atoms with Crippen LogP contribution in [0.1, 0.15) is 30.4 Å². The molecule has 0 aliphatic heterocycles. The van der Waals surface area contributed by atoms with Gasteiger partial charge in [0.1, 0.15) is 5.75 Å². The van der Waals surface area contributed by atoms with Crippen LogP contribution in [0.5, 0.6) is 5.75 Å². The Bertz CT molecular complexity index is 480. The molecular formula is C15H19NO3. The molecule has 0 bridgehead atoms. The van der Waals surface area contributed by atoms with Gasteiger partial charge in [-0.2, -0.15) is 0 Å². The van der Waals surface area contributed by atoms with E-state index in [9.17, 15) is 4.79 Å². The van der Waals surface area contributed by atoms with Gasteiger partial charge >= 0.3 is 0 Å². The second-order valence-corrected chi connectivity index (χ2v) is 5.46. The van der Waals surface area contributed by atoms with Crippen LogP contribution >= 0.6 is 0 Å². The van der Waals surface area contributed by atoms with Crippen LogP contribution in [-0.2, 0) is 17.6 Å². The van der Waals surface area contributed by atoms with Gasteiger partial charge in [-0.1, -0.05) is 6.07 Å². The minimum Gasteiger partial charge on any atom is -0.484 e. The first-order valence-electron chi connectivity index (χ1n) is 6.93. The van der Waals surface area contributed by atoms with E-state index in [0.717, 1.165) is 18.6 Å². The molecule has 0 saturated heterocycles. The number of rotatable bonds is 4. The number of aryl methyl sites for hydroxylation is 2. The van der Waals surface area contributed by atoms with Gasteiger partial charge in [-0.3, -0.25) is 4.79 Å². The number of hydrogen-bond donors (Lipinski definition) is 2. The first kappa shape index (κ1) is 12.5. The first-order chi connectivity index (χ1) is 9.20. The molecule has 0 spiro atoms. The second-order valence-electron chi connectivity index (χ2n) is 5.46. The Labute approximate surface area is 112 Å². The van der Waals surface area contributed by atoms with Gasteiger partial charge in [0.2, 0.25) is 0 Å². The molecule has 1 fully saturated rings. The third kappa shape index (κ3) is 2.89. The Balaban J connectivity index is 1.48. The van der Waals surface area contributed by atoms with Gasteiger partial charge in [-0.25, -0.2) is 0 Å². The van der Waals surface area contributed by atoms with E-state index in [1.165, 1.54) is 17.5 Å². The number of amides is 1. The summed E-state index contributed by atoms with van der Waals surface area (Å²) in [6, 6.07) is 6.19. The van der Waals surface area contributed by atoms with Gasteiger partial charge in [0, 0.05) is 6.04 Å². The summed E-state index contributed by atoms with van der Waals surface area (Å²) in [5, 5.41) is 12.0. The number of carbonyl (C=O) groups excluding carboxylic acids is 1. The molecule has 19 heavy (non-hydrogen) atoms. The van der Waals surface area contributed by atoms with Crippen LogP contribution in [-0.4, -0.2) is 29.8 Å². The number of aliphatic hydroxyl groups is 1. The summed E-state index contributed by atoms with van der Waals surface area (Å²) in [7, 11) is 0. The molecule has 3 rings (SSSR count). The van der Waals surface area contributed by atoms with Crippen molar-refractivity contribution in [1.82, 2.24) is 5.32 Å². The van der Waals surface area contributed by atoms with E-state index in [2.05, 4.69) is 11.4 Å². The van der Waals surface area contributed by atoms with Crippen molar-refractivity contribution in [2.45, 2.75) is 44.2 Å². The molecule has 4 nitrogen and oxygen atoms in total. The summed E-state index contributed by atoms with van der Waals surface area (Å²) in [5.74, 6) is 0.654. The fourth-order valence-corrected chi connectivity index (χ4v) is 2.76. The van der Waals surface area contributed by atoms with Crippen molar-refractivity contribution in [3.05, 3.63) is 29.3 Å². The molecule has 4 heteroatoms. The fourth-order valence-electron chi connectivity index (χ4n) is 2.76. The van der Waals surface area contributed by atoms with Gasteiger partial charge in [-0.15, -0.1) is 0 Å². The van der Waals surface area contributed by atoms with Gasteiger partial charge in [0.25, 0.3) is 5.91 Å². The first-order valence-corrected chi connectivity index (χ1v) is 6.93. The highest BCUT2D eigenvalue weighted by Crippen LogP contribution is 2.26. The quantitative estimate of drug-likeness (QED) is 0.856. The summed E-state index contributed by atoms with van der Waals surface area (Å²) in [6.45, 7) is 0.0470. The molecule has 2 aliphatic carbocycles. The normalized spacial score (nSPS) is 24.5. The second kappa shape index (κ2) is 5.21. The predicted octanol–water partition coefficient (Wildman–Crippen LogP) is 1.19. The Morgan fingerprint density at radius 1 is 1.32 bits per heavy atom. The van der Waals surface area contributed by atoms with E-state index in [4.69, 9.17) is 9.84 Å². The van der Waals surface area contributed by atoms with Crippen LogP contribution in [0.25, 0.3) is 0 Å². The summed E-state index contributed by atoms with van der Waals surface area (Å²) in [4.78, 5) is 11.6. The van der Waals surface area contributed by atoms with Crippen LogP contribution in [0, 0.1) is 0 Å². The molecule has 0 aromatic heterocycles. The standard InChI is InChI=1S/C15H19NO3/c17-13-7-12(8-13)16-15(18)9-19-14-5-4-10-2-1-3-11(10)6-14/h4-6,12-13,17H,1-3,7-9H2,(H,16,18). The van der Waals surface area contributed by atoms with E-state index in [1.54, 1.807) is 0 Å². The lowest BCUT2D eigenvalue weighted by molar-refractivity contribution is -0.125. The zero-order valence-corrected chi connectivity index (χ0v) is 10.9. The molecule has 0 radical (unpaired) electrons. The molecule has 1 saturated carbocycles. The summed E-state index contributed by atoms with van der Waals surface area (Å²) < 4.78 is 5.51. The summed E-state index contributed by atoms with van der Waals surface area (Å²) in [6.07, 6.45) is 4.54. The predicted molar refractivity (Wildman–Crippen MR) is 71.1 cm³/mol. The Morgan fingerprint density at radius 3 is 2.89 bits per heavy atom. The Morgan fingerprint density at radius 2 is 2.11 bits per heavy atom. The monoisotopic (exact) mass is 261 g/mol. The molecule has 0 heterocycles. The molecule has 102 valence electrons. The molecule has 0 atom stereocenters. The van der Waals surface area contributed by atoms with E-state index >= 15 is 0 Å². The average molecular weight is 261 g/mol. The number of benzene rings is 1. The topological polar surface area (TPSA) is 58.6 Å². The molecule has 1 aromatic rings. The lowest BCUT2D eigenvalue weighted by Gasteiger charge is -2.31. The van der Waals surface area contributed by atoms with Crippen molar-refractivity contribution < 1.29 is 14.6 Å². The van der Waals surface area contributed by atoms with E-state index in [1.807, 2.05) is 12.1 Å². The third-order valence-corrected chi connectivity index (χ3v) is 3.92. The number of carbonyl (C=O) groups is 1. The third-order valence-electron chi connectivity index (χ3n) is 3.92. The zero-order valence-electron chi connectivity index (χ0n) is 10.9. The number of aliphatic hydroxyl groups excluding tert-OH is 1. The van der Waals surface area contributed by atoms with Crippen molar-refractivity contribution >= 4 is 5.91 Å². The Hall–Kier alpha value is -1.55. The molecule has 1 aromatic carbocycles. The highest BCUT2D eigenvalue weighted by molar-refractivity contribution is 5.78. The van der Waals surface area contributed by atoms with Crippen molar-refractivity contribution in [3.63, 3.8) is 0 Å². The lowest BCUT2D eigenvalue weighted by atomic mass is 9.89. The van der Waals surface area contributed by atoms with E-state index in [0.29, 0.717) is 12.8 Å². The van der Waals surface area contributed by atoms with Crippen molar-refractivity contribution in [3.8, 4) is 5.75 Å². The van der Waals surface area contributed by atoms with Gasteiger partial charge in [0.05, 0.1) is 6.10 Å². The van der Waals surface area contributed by atoms with Gasteiger partial charge in [0.15, 0.2) is 6.61 Å². The fraction of sp³-hybridized carbons (Fsp3) is 0.533. The lowest BCUT2D eigenvalue weighted by Crippen LogP contribution is -2.48. The molecule has 2 aliphatic rings. The maximum atomic E-state index is 11.6. The van der Waals surface area contributed by atoms with Crippen molar-refractivity contribution in [2.24, 2.45) is 0 Å². The number of nitrogens with one attached hydrogen (secondary N) is 1. The SMILES string of the molecule is O=C(COc1ccc2c(c1)CCC2)NC1CC(O)C1. The minimum atomic E-state index is -0.247. The minimum absolute atomic E-state index is 0.0470. The number of fused-ring (bicyclic) bond motifs is 1. The zero-order chi connectivity index (χ0) is 13.2. The van der Waals surface area contributed by atoms with Crippen molar-refractivity contribution in [2.75, 3.05) is 6.61 Å². The molecule has 2 N–H and O–H groups in total. The maximum absolute atomic E-state index is 11.6. The van der Waals surface area contributed by atoms with Crippen LogP contribution in [0.4, 0.5) is 0 Å². The molecule has 1 amide bonds. The largest absolute Gasteiger partial charge is 0.484 e. The van der Waals surface area contributed by atoms with Crippen LogP contribution in [0.15, 0.2) is 18.2 Å². The van der Waals surface area contributed by atoms with E-state index < -0.39 is 0 Å². The van der Waals surface area contributed by atoms with E-state index in [-0.39, 0.29) is 24.7 Å². The van der Waals surface area contributed by atoms with Crippen LogP contribution in [0.3, 0.4) is 0 Å². The average Bonchev–Trinajstić information content (AvgIpc) is 2.81. The molecule has 0 unspecified atom stereocenters. The summed E-state index contributed by atoms with van der Waals surface area (Å²) >= 11 is 0. The highest BCUT2D eigenvalue weighted by Gasteiger charge is 2.28. The summed E-state index contributed by atoms with van der Waals surface area (Å²) in [5.41, 5.74) is 2.75. The Kier molecular flexibility index (Phi) is 3.42. The van der Waals surface area contributed by atoms with Gasteiger partial charge in [-0.05, 0) is 55.4 Å².